The first kappa shape index (κ1) is 16.5. The minimum absolute atomic E-state index is 0.268. The van der Waals surface area contributed by atoms with Crippen molar-refractivity contribution in [1.82, 2.24) is 5.32 Å². The SMILES string of the molecule is CCOC1(C(=O)NC(Cc2ccccc2)C(=O)O)CCCC1. The maximum Gasteiger partial charge on any atom is 0.326 e. The van der Waals surface area contributed by atoms with Crippen LogP contribution in [0.5, 0.6) is 0 Å². The summed E-state index contributed by atoms with van der Waals surface area (Å²) < 4.78 is 5.68. The normalized spacial score (nSPS) is 17.9. The summed E-state index contributed by atoms with van der Waals surface area (Å²) in [7, 11) is 0. The molecule has 0 radical (unpaired) electrons. The van der Waals surface area contributed by atoms with Gasteiger partial charge in [0.2, 0.25) is 0 Å². The molecule has 120 valence electrons. The number of hydrogen-bond acceptors (Lipinski definition) is 3. The van der Waals surface area contributed by atoms with Crippen molar-refractivity contribution in [2.45, 2.75) is 50.7 Å². The molecule has 1 saturated carbocycles. The fourth-order valence-corrected chi connectivity index (χ4v) is 3.00. The third-order valence-corrected chi connectivity index (χ3v) is 4.13. The zero-order chi connectivity index (χ0) is 16.0. The van der Waals surface area contributed by atoms with E-state index in [4.69, 9.17) is 4.74 Å². The van der Waals surface area contributed by atoms with Gasteiger partial charge in [0.25, 0.3) is 5.91 Å². The van der Waals surface area contributed by atoms with E-state index < -0.39 is 17.6 Å². The minimum atomic E-state index is -1.03. The first-order valence-electron chi connectivity index (χ1n) is 7.79. The zero-order valence-electron chi connectivity index (χ0n) is 12.9. The van der Waals surface area contributed by atoms with Gasteiger partial charge in [0.15, 0.2) is 0 Å². The Morgan fingerprint density at radius 3 is 2.45 bits per heavy atom. The van der Waals surface area contributed by atoms with Gasteiger partial charge in [-0.25, -0.2) is 4.79 Å². The number of carboxylic acid groups (broad SMARTS) is 1. The van der Waals surface area contributed by atoms with E-state index in [2.05, 4.69) is 5.32 Å². The predicted molar refractivity (Wildman–Crippen MR) is 82.5 cm³/mol. The Kier molecular flexibility index (Phi) is 5.55. The van der Waals surface area contributed by atoms with Crippen molar-refractivity contribution in [2.24, 2.45) is 0 Å². The van der Waals surface area contributed by atoms with Gasteiger partial charge < -0.3 is 15.2 Å². The molecule has 1 amide bonds. The van der Waals surface area contributed by atoms with Crippen LogP contribution in [0.1, 0.15) is 38.2 Å². The van der Waals surface area contributed by atoms with Crippen molar-refractivity contribution in [1.29, 1.82) is 0 Å². The Labute approximate surface area is 130 Å². The molecule has 5 nitrogen and oxygen atoms in total. The molecular weight excluding hydrogens is 282 g/mol. The molecule has 1 aromatic rings. The predicted octanol–water partition coefficient (Wildman–Crippen LogP) is 2.15. The molecule has 2 rings (SSSR count). The summed E-state index contributed by atoms with van der Waals surface area (Å²) in [6.45, 7) is 2.30. The van der Waals surface area contributed by atoms with Crippen LogP contribution in [-0.4, -0.2) is 35.2 Å². The summed E-state index contributed by atoms with van der Waals surface area (Å²) >= 11 is 0. The molecule has 0 aromatic heterocycles. The van der Waals surface area contributed by atoms with Gasteiger partial charge in [-0.2, -0.15) is 0 Å². The van der Waals surface area contributed by atoms with Crippen molar-refractivity contribution in [2.75, 3.05) is 6.61 Å². The lowest BCUT2D eigenvalue weighted by Gasteiger charge is -2.29. The molecule has 1 aliphatic carbocycles. The van der Waals surface area contributed by atoms with Crippen LogP contribution < -0.4 is 5.32 Å². The summed E-state index contributed by atoms with van der Waals surface area (Å²) in [5.41, 5.74) is 0.0335. The molecule has 1 aliphatic rings. The summed E-state index contributed by atoms with van der Waals surface area (Å²) in [6.07, 6.45) is 3.45. The van der Waals surface area contributed by atoms with Crippen LogP contribution in [0.4, 0.5) is 0 Å². The maximum absolute atomic E-state index is 12.6. The average molecular weight is 305 g/mol. The fourth-order valence-electron chi connectivity index (χ4n) is 3.00. The van der Waals surface area contributed by atoms with E-state index >= 15 is 0 Å². The van der Waals surface area contributed by atoms with Gasteiger partial charge in [-0.15, -0.1) is 0 Å². The first-order chi connectivity index (χ1) is 10.6. The van der Waals surface area contributed by atoms with Crippen LogP contribution >= 0.6 is 0 Å². The first-order valence-corrected chi connectivity index (χ1v) is 7.79. The molecule has 22 heavy (non-hydrogen) atoms. The van der Waals surface area contributed by atoms with Crippen LogP contribution in [0.25, 0.3) is 0 Å². The average Bonchev–Trinajstić information content (AvgIpc) is 2.98. The number of nitrogens with one attached hydrogen (secondary N) is 1. The summed E-state index contributed by atoms with van der Waals surface area (Å²) in [5.74, 6) is -1.32. The van der Waals surface area contributed by atoms with Crippen molar-refractivity contribution < 1.29 is 19.4 Å². The number of ether oxygens (including phenoxy) is 1. The van der Waals surface area contributed by atoms with E-state index in [9.17, 15) is 14.7 Å². The molecule has 0 heterocycles. The van der Waals surface area contributed by atoms with Crippen molar-refractivity contribution in [3.63, 3.8) is 0 Å². The van der Waals surface area contributed by atoms with E-state index in [-0.39, 0.29) is 12.3 Å². The minimum Gasteiger partial charge on any atom is -0.480 e. The molecule has 0 saturated heterocycles. The van der Waals surface area contributed by atoms with Crippen LogP contribution in [0.15, 0.2) is 30.3 Å². The highest BCUT2D eigenvalue weighted by atomic mass is 16.5. The largest absolute Gasteiger partial charge is 0.480 e. The van der Waals surface area contributed by atoms with E-state index in [1.54, 1.807) is 0 Å². The number of benzene rings is 1. The van der Waals surface area contributed by atoms with Crippen molar-refractivity contribution in [3.05, 3.63) is 35.9 Å². The van der Waals surface area contributed by atoms with Crippen LogP contribution in [0.2, 0.25) is 0 Å². The lowest BCUT2D eigenvalue weighted by atomic mass is 9.99. The number of hydrogen-bond donors (Lipinski definition) is 2. The Bertz CT molecular complexity index is 509. The Balaban J connectivity index is 2.07. The van der Waals surface area contributed by atoms with E-state index in [1.807, 2.05) is 37.3 Å². The molecule has 0 spiro atoms. The second kappa shape index (κ2) is 7.40. The van der Waals surface area contributed by atoms with Crippen LogP contribution in [0.3, 0.4) is 0 Å². The van der Waals surface area contributed by atoms with E-state index in [1.165, 1.54) is 0 Å². The molecule has 1 atom stereocenters. The smallest absolute Gasteiger partial charge is 0.326 e. The molecule has 1 unspecified atom stereocenters. The van der Waals surface area contributed by atoms with Gasteiger partial charge in [0.05, 0.1) is 0 Å². The highest BCUT2D eigenvalue weighted by molar-refractivity contribution is 5.89. The quantitative estimate of drug-likeness (QED) is 0.809. The van der Waals surface area contributed by atoms with Crippen LogP contribution in [-0.2, 0) is 20.7 Å². The van der Waals surface area contributed by atoms with Crippen LogP contribution in [0, 0.1) is 0 Å². The fraction of sp³-hybridized carbons (Fsp3) is 0.529. The Hall–Kier alpha value is -1.88. The highest BCUT2D eigenvalue weighted by Crippen LogP contribution is 2.33. The second-order valence-corrected chi connectivity index (χ2v) is 5.69. The Morgan fingerprint density at radius 1 is 1.27 bits per heavy atom. The van der Waals surface area contributed by atoms with Crippen molar-refractivity contribution in [3.8, 4) is 0 Å². The summed E-state index contributed by atoms with van der Waals surface area (Å²) in [4.78, 5) is 24.0. The Morgan fingerprint density at radius 2 is 1.91 bits per heavy atom. The molecule has 1 fully saturated rings. The lowest BCUT2D eigenvalue weighted by molar-refractivity contribution is -0.151. The van der Waals surface area contributed by atoms with E-state index in [0.29, 0.717) is 19.4 Å². The highest BCUT2D eigenvalue weighted by Gasteiger charge is 2.43. The molecular formula is C17H23NO4. The summed E-state index contributed by atoms with van der Waals surface area (Å²) in [5, 5.41) is 12.1. The molecule has 0 bridgehead atoms. The van der Waals surface area contributed by atoms with Gasteiger partial charge >= 0.3 is 5.97 Å². The third-order valence-electron chi connectivity index (χ3n) is 4.13. The summed E-state index contributed by atoms with van der Waals surface area (Å²) in [6, 6.07) is 8.36. The van der Waals surface area contributed by atoms with Gasteiger partial charge in [-0.3, -0.25) is 4.79 Å². The number of amides is 1. The second-order valence-electron chi connectivity index (χ2n) is 5.69. The number of carbonyl (C=O) groups is 2. The molecule has 1 aromatic carbocycles. The van der Waals surface area contributed by atoms with E-state index in [0.717, 1.165) is 18.4 Å². The topological polar surface area (TPSA) is 75.6 Å². The standard InChI is InChI=1S/C17H23NO4/c1-2-22-17(10-6-7-11-17)16(21)18-14(15(19)20)12-13-8-4-3-5-9-13/h3-5,8-9,14H,2,6-7,10-12H2,1H3,(H,18,21)(H,19,20). The van der Waals surface area contributed by atoms with Gasteiger partial charge in [0, 0.05) is 13.0 Å². The number of aliphatic carboxylic acids is 1. The zero-order valence-corrected chi connectivity index (χ0v) is 12.9. The molecule has 2 N–H and O–H groups in total. The number of carboxylic acids is 1. The maximum atomic E-state index is 12.6. The monoisotopic (exact) mass is 305 g/mol. The van der Waals surface area contributed by atoms with Gasteiger partial charge in [0.1, 0.15) is 11.6 Å². The molecule has 0 aliphatic heterocycles. The van der Waals surface area contributed by atoms with Gasteiger partial charge in [-0.05, 0) is 38.2 Å². The van der Waals surface area contributed by atoms with Crippen molar-refractivity contribution >= 4 is 11.9 Å². The third kappa shape index (κ3) is 3.85. The number of carbonyl (C=O) groups excluding carboxylic acids is 1. The van der Waals surface area contributed by atoms with Gasteiger partial charge in [-0.1, -0.05) is 30.3 Å². The number of rotatable bonds is 7. The molecule has 5 heteroatoms. The lowest BCUT2D eigenvalue weighted by Crippen LogP contribution is -2.53.